The summed E-state index contributed by atoms with van der Waals surface area (Å²) in [5.74, 6) is 0.224. The quantitative estimate of drug-likeness (QED) is 0.658. The second kappa shape index (κ2) is 4.94. The average molecular weight is 211 g/mol. The van der Waals surface area contributed by atoms with Crippen LogP contribution in [0.4, 0.5) is 0 Å². The van der Waals surface area contributed by atoms with E-state index in [1.807, 2.05) is 4.90 Å². The fraction of sp³-hybridized carbons (Fsp3) is 0.909. The maximum absolute atomic E-state index is 11.3. The summed E-state index contributed by atoms with van der Waals surface area (Å²) in [7, 11) is 0. The summed E-state index contributed by atoms with van der Waals surface area (Å²) in [6.45, 7) is 7.99. The van der Waals surface area contributed by atoms with Gasteiger partial charge >= 0.3 is 0 Å². The zero-order valence-corrected chi connectivity index (χ0v) is 9.54. The van der Waals surface area contributed by atoms with Crippen molar-refractivity contribution >= 4 is 5.91 Å². The molecule has 0 spiro atoms. The highest BCUT2D eigenvalue weighted by Gasteiger charge is 2.24. The Bertz CT molecular complexity index is 226. The lowest BCUT2D eigenvalue weighted by atomic mass is 10.2. The zero-order valence-electron chi connectivity index (χ0n) is 9.54. The van der Waals surface area contributed by atoms with Crippen molar-refractivity contribution in [3.05, 3.63) is 0 Å². The van der Waals surface area contributed by atoms with Gasteiger partial charge in [-0.3, -0.25) is 9.69 Å². The van der Waals surface area contributed by atoms with Gasteiger partial charge in [0.2, 0.25) is 5.91 Å². The molecule has 1 N–H and O–H groups in total. The lowest BCUT2D eigenvalue weighted by molar-refractivity contribution is -0.128. The first-order valence-corrected chi connectivity index (χ1v) is 5.97. The fourth-order valence-electron chi connectivity index (χ4n) is 2.57. The second-order valence-corrected chi connectivity index (χ2v) is 4.54. The largest absolute Gasteiger partial charge is 0.342 e. The molecule has 0 aromatic heterocycles. The van der Waals surface area contributed by atoms with Crippen molar-refractivity contribution in [2.75, 3.05) is 39.3 Å². The first-order valence-electron chi connectivity index (χ1n) is 5.97. The molecule has 0 radical (unpaired) electrons. The van der Waals surface area contributed by atoms with Gasteiger partial charge in [0.15, 0.2) is 0 Å². The fourth-order valence-corrected chi connectivity index (χ4v) is 2.57. The Hall–Kier alpha value is -0.610. The molecule has 2 saturated heterocycles. The number of hydrogen-bond acceptors (Lipinski definition) is 3. The molecule has 0 aromatic rings. The molecule has 0 unspecified atom stereocenters. The smallest absolute Gasteiger partial charge is 0.219 e. The summed E-state index contributed by atoms with van der Waals surface area (Å²) < 4.78 is 0. The van der Waals surface area contributed by atoms with Crippen LogP contribution in [0.15, 0.2) is 0 Å². The summed E-state index contributed by atoms with van der Waals surface area (Å²) >= 11 is 0. The maximum Gasteiger partial charge on any atom is 0.219 e. The van der Waals surface area contributed by atoms with Gasteiger partial charge in [-0.1, -0.05) is 0 Å². The Morgan fingerprint density at radius 3 is 2.80 bits per heavy atom. The van der Waals surface area contributed by atoms with Crippen molar-refractivity contribution in [3.63, 3.8) is 0 Å². The number of hydrogen-bond donors (Lipinski definition) is 1. The van der Waals surface area contributed by atoms with Gasteiger partial charge in [-0.15, -0.1) is 0 Å². The van der Waals surface area contributed by atoms with Crippen molar-refractivity contribution in [1.29, 1.82) is 0 Å². The van der Waals surface area contributed by atoms with Crippen LogP contribution in [0.5, 0.6) is 0 Å². The Labute approximate surface area is 91.6 Å². The van der Waals surface area contributed by atoms with Crippen molar-refractivity contribution in [2.45, 2.75) is 25.8 Å². The number of carbonyl (C=O) groups excluding carboxylic acids is 1. The van der Waals surface area contributed by atoms with Crippen molar-refractivity contribution in [3.8, 4) is 0 Å². The molecular weight excluding hydrogens is 190 g/mol. The molecule has 0 bridgehead atoms. The molecule has 0 aromatic carbocycles. The Balaban J connectivity index is 1.86. The van der Waals surface area contributed by atoms with Crippen LogP contribution in [-0.2, 0) is 4.79 Å². The summed E-state index contributed by atoms with van der Waals surface area (Å²) in [6.07, 6.45) is 2.39. The summed E-state index contributed by atoms with van der Waals surface area (Å²) in [5, 5.41) is 3.40. The van der Waals surface area contributed by atoms with Gasteiger partial charge in [-0.25, -0.2) is 0 Å². The van der Waals surface area contributed by atoms with E-state index in [1.54, 1.807) is 6.92 Å². The number of nitrogens with zero attached hydrogens (tertiary/aromatic N) is 2. The van der Waals surface area contributed by atoms with Crippen molar-refractivity contribution in [1.82, 2.24) is 15.1 Å². The Morgan fingerprint density at radius 1 is 1.27 bits per heavy atom. The third-order valence-electron chi connectivity index (χ3n) is 3.53. The van der Waals surface area contributed by atoms with Gasteiger partial charge in [0, 0.05) is 45.7 Å². The molecule has 1 atom stereocenters. The lowest BCUT2D eigenvalue weighted by Crippen LogP contribution is -2.40. The van der Waals surface area contributed by atoms with Crippen LogP contribution in [0.3, 0.4) is 0 Å². The average Bonchev–Trinajstić information content (AvgIpc) is 2.62. The molecule has 0 saturated carbocycles. The van der Waals surface area contributed by atoms with Crippen molar-refractivity contribution < 1.29 is 4.79 Å². The van der Waals surface area contributed by atoms with Gasteiger partial charge in [-0.2, -0.15) is 0 Å². The standard InChI is InChI=1S/C11H21N3O/c1-10(15)13-5-2-6-14(8-7-13)11-3-4-12-9-11/h11-12H,2-9H2,1H3/t11-/m1/s1. The molecule has 4 heteroatoms. The molecule has 2 rings (SSSR count). The van der Waals surface area contributed by atoms with E-state index in [2.05, 4.69) is 10.2 Å². The molecule has 86 valence electrons. The predicted octanol–water partition coefficient (Wildman–Crippen LogP) is -0.0975. The minimum Gasteiger partial charge on any atom is -0.342 e. The van der Waals surface area contributed by atoms with E-state index in [4.69, 9.17) is 0 Å². The first kappa shape index (κ1) is 10.9. The van der Waals surface area contributed by atoms with E-state index >= 15 is 0 Å². The number of carbonyl (C=O) groups is 1. The van der Waals surface area contributed by atoms with E-state index < -0.39 is 0 Å². The summed E-state index contributed by atoms with van der Waals surface area (Å²) in [5.41, 5.74) is 0. The molecule has 2 heterocycles. The Morgan fingerprint density at radius 2 is 2.13 bits per heavy atom. The number of amides is 1. The lowest BCUT2D eigenvalue weighted by Gasteiger charge is -2.26. The molecule has 4 nitrogen and oxygen atoms in total. The topological polar surface area (TPSA) is 35.6 Å². The highest BCUT2D eigenvalue weighted by Crippen LogP contribution is 2.12. The third kappa shape index (κ3) is 2.69. The summed E-state index contributed by atoms with van der Waals surface area (Å²) in [6, 6.07) is 0.705. The van der Waals surface area contributed by atoms with E-state index in [0.717, 1.165) is 45.7 Å². The van der Waals surface area contributed by atoms with Gasteiger partial charge in [0.05, 0.1) is 0 Å². The molecule has 15 heavy (non-hydrogen) atoms. The minimum atomic E-state index is 0.224. The predicted molar refractivity (Wildman–Crippen MR) is 59.7 cm³/mol. The monoisotopic (exact) mass is 211 g/mol. The van der Waals surface area contributed by atoms with Crippen LogP contribution in [-0.4, -0.2) is 61.0 Å². The van der Waals surface area contributed by atoms with Gasteiger partial charge < -0.3 is 10.2 Å². The normalized spacial score (nSPS) is 29.1. The first-order chi connectivity index (χ1) is 7.27. The zero-order chi connectivity index (χ0) is 10.7. The SMILES string of the molecule is CC(=O)N1CCCN([C@@H]2CCNC2)CC1. The van der Waals surface area contributed by atoms with Gasteiger partial charge in [-0.05, 0) is 19.4 Å². The Kier molecular flexibility index (Phi) is 3.59. The second-order valence-electron chi connectivity index (χ2n) is 4.54. The maximum atomic E-state index is 11.3. The summed E-state index contributed by atoms with van der Waals surface area (Å²) in [4.78, 5) is 15.8. The van der Waals surface area contributed by atoms with Crippen LogP contribution >= 0.6 is 0 Å². The van der Waals surface area contributed by atoms with Crippen LogP contribution in [0, 0.1) is 0 Å². The van der Waals surface area contributed by atoms with E-state index in [9.17, 15) is 4.79 Å². The van der Waals surface area contributed by atoms with Crippen molar-refractivity contribution in [2.24, 2.45) is 0 Å². The van der Waals surface area contributed by atoms with E-state index in [0.29, 0.717) is 6.04 Å². The molecule has 2 fully saturated rings. The van der Waals surface area contributed by atoms with E-state index in [1.165, 1.54) is 6.42 Å². The third-order valence-corrected chi connectivity index (χ3v) is 3.53. The molecular formula is C11H21N3O. The van der Waals surface area contributed by atoms with Gasteiger partial charge in [0.1, 0.15) is 0 Å². The van der Waals surface area contributed by atoms with Crippen LogP contribution in [0.1, 0.15) is 19.8 Å². The van der Waals surface area contributed by atoms with Crippen LogP contribution < -0.4 is 5.32 Å². The van der Waals surface area contributed by atoms with Crippen LogP contribution in [0.2, 0.25) is 0 Å². The van der Waals surface area contributed by atoms with E-state index in [-0.39, 0.29) is 5.91 Å². The molecule has 2 aliphatic rings. The van der Waals surface area contributed by atoms with Gasteiger partial charge in [0.25, 0.3) is 0 Å². The molecule has 0 aliphatic carbocycles. The number of rotatable bonds is 1. The molecule has 2 aliphatic heterocycles. The minimum absolute atomic E-state index is 0.224. The number of nitrogens with one attached hydrogen (secondary N) is 1. The highest BCUT2D eigenvalue weighted by atomic mass is 16.2. The molecule has 1 amide bonds. The van der Waals surface area contributed by atoms with Crippen LogP contribution in [0.25, 0.3) is 0 Å². The highest BCUT2D eigenvalue weighted by molar-refractivity contribution is 5.73.